The zero-order valence-electron chi connectivity index (χ0n) is 15.4. The first kappa shape index (κ1) is 23.3. The number of carbonyl (C=O) groups is 1. The fraction of sp³-hybridized carbons (Fsp3) is 0.389. The number of alkyl halides is 3. The molecule has 0 radical (unpaired) electrons. The van der Waals surface area contributed by atoms with E-state index in [1.54, 1.807) is 6.92 Å². The molecule has 0 spiro atoms. The average molecular weight is 452 g/mol. The van der Waals surface area contributed by atoms with Crippen molar-refractivity contribution in [2.45, 2.75) is 30.2 Å². The lowest BCUT2D eigenvalue weighted by Crippen LogP contribution is -2.21. The second-order valence-corrected chi connectivity index (χ2v) is 9.51. The quantitative estimate of drug-likeness (QED) is 0.228. The Morgan fingerprint density at radius 2 is 1.66 bits per heavy atom. The van der Waals surface area contributed by atoms with Crippen molar-refractivity contribution in [2.75, 3.05) is 18.1 Å². The normalized spacial score (nSPS) is 14.9. The molecule has 2 aromatic carbocycles. The molecule has 1 aliphatic rings. The van der Waals surface area contributed by atoms with Gasteiger partial charge >= 0.3 is 11.7 Å². The first-order valence-electron chi connectivity index (χ1n) is 8.60. The van der Waals surface area contributed by atoms with Crippen molar-refractivity contribution in [3.05, 3.63) is 36.4 Å². The monoisotopic (exact) mass is 452 g/mol. The van der Waals surface area contributed by atoms with Crippen LogP contribution in [0.1, 0.15) is 19.8 Å². The number of rotatable bonds is 3. The maximum Gasteiger partial charge on any atom is 0.513 e. The molecule has 0 amide bonds. The van der Waals surface area contributed by atoms with Crippen molar-refractivity contribution in [3.63, 3.8) is 0 Å². The van der Waals surface area contributed by atoms with E-state index in [1.807, 2.05) is 24.3 Å². The molecule has 0 saturated carbocycles. The van der Waals surface area contributed by atoms with E-state index in [0.29, 0.717) is 23.3 Å². The second kappa shape index (κ2) is 9.68. The number of halogens is 3. The van der Waals surface area contributed by atoms with Crippen molar-refractivity contribution in [2.24, 2.45) is 0 Å². The molecule has 3 rings (SSSR count). The van der Waals surface area contributed by atoms with Gasteiger partial charge in [-0.05, 0) is 38.0 Å². The Bertz CT molecular complexity index is 954. The predicted octanol–water partition coefficient (Wildman–Crippen LogP) is 4.20. The molecule has 29 heavy (non-hydrogen) atoms. The van der Waals surface area contributed by atoms with Crippen LogP contribution < -0.4 is 4.74 Å². The summed E-state index contributed by atoms with van der Waals surface area (Å²) in [6, 6.07) is 12.2. The van der Waals surface area contributed by atoms with Gasteiger partial charge in [0.25, 0.3) is 0 Å². The molecule has 6 nitrogen and oxygen atoms in total. The summed E-state index contributed by atoms with van der Waals surface area (Å²) in [5, 5.41) is 2.19. The third-order valence-corrected chi connectivity index (χ3v) is 7.03. The third kappa shape index (κ3) is 6.25. The third-order valence-electron chi connectivity index (χ3n) is 3.93. The molecule has 1 fully saturated rings. The Kier molecular flexibility index (Phi) is 7.78. The molecule has 0 unspecified atom stereocenters. The first-order valence-corrected chi connectivity index (χ1v) is 11.6. The average Bonchev–Trinajstić information content (AvgIpc) is 3.15. The largest absolute Gasteiger partial charge is 0.741 e. The number of benzene rings is 2. The predicted molar refractivity (Wildman–Crippen MR) is 102 cm³/mol. The fourth-order valence-corrected chi connectivity index (χ4v) is 5.19. The van der Waals surface area contributed by atoms with Gasteiger partial charge in [-0.2, -0.15) is 13.2 Å². The summed E-state index contributed by atoms with van der Waals surface area (Å²) in [7, 11) is -5.75. The van der Waals surface area contributed by atoms with Gasteiger partial charge in [-0.15, -0.1) is 0 Å². The molecule has 0 atom stereocenters. The Hall–Kier alpha value is -1.98. The van der Waals surface area contributed by atoms with E-state index < -0.39 is 21.8 Å². The Balaban J connectivity index is 0.000000321. The number of hydrogen-bond donors (Lipinski definition) is 0. The molecule has 2 aromatic rings. The van der Waals surface area contributed by atoms with Crippen LogP contribution in [0.4, 0.5) is 18.0 Å². The highest BCUT2D eigenvalue weighted by Gasteiger charge is 2.37. The first-order chi connectivity index (χ1) is 13.5. The number of fused-ring (bicyclic) bond motifs is 1. The summed E-state index contributed by atoms with van der Waals surface area (Å²) < 4.78 is 69.1. The molecule has 160 valence electrons. The molecular weight excluding hydrogens is 433 g/mol. The number of carbonyl (C=O) groups excluding carboxylic acids is 1. The smallest absolute Gasteiger partial charge is 0.513 e. The summed E-state index contributed by atoms with van der Waals surface area (Å²) in [4.78, 5) is 13.0. The van der Waals surface area contributed by atoms with Crippen LogP contribution in [0, 0.1) is 0 Å². The van der Waals surface area contributed by atoms with Gasteiger partial charge in [0.15, 0.2) is 15.0 Å². The van der Waals surface area contributed by atoms with Gasteiger partial charge in [0.2, 0.25) is 0 Å². The van der Waals surface area contributed by atoms with Gasteiger partial charge in [-0.25, -0.2) is 13.2 Å². The van der Waals surface area contributed by atoms with Crippen LogP contribution in [0.15, 0.2) is 41.3 Å². The van der Waals surface area contributed by atoms with E-state index in [9.17, 15) is 18.0 Å². The van der Waals surface area contributed by atoms with Crippen LogP contribution in [0.3, 0.4) is 0 Å². The summed E-state index contributed by atoms with van der Waals surface area (Å²) in [5.41, 5.74) is -5.65. The van der Waals surface area contributed by atoms with E-state index in [0.717, 1.165) is 5.39 Å². The summed E-state index contributed by atoms with van der Waals surface area (Å²) in [6.07, 6.45) is 2.00. The van der Waals surface area contributed by atoms with Gasteiger partial charge in [-0.3, -0.25) is 0 Å². The number of hydrogen-bond acceptors (Lipinski definition) is 6. The lowest BCUT2D eigenvalue weighted by Gasteiger charge is -2.10. The van der Waals surface area contributed by atoms with Crippen molar-refractivity contribution in [1.29, 1.82) is 0 Å². The SMILES string of the molecule is CCOC(=O)Oc1ccc([S+]2CCCC2)c2ccccc12.O=S(=O)([O-])C(F)(F)F. The Morgan fingerprint density at radius 3 is 2.17 bits per heavy atom. The highest BCUT2D eigenvalue weighted by Crippen LogP contribution is 2.34. The molecule has 0 aromatic heterocycles. The van der Waals surface area contributed by atoms with Gasteiger partial charge in [0, 0.05) is 21.7 Å². The van der Waals surface area contributed by atoms with Crippen LogP contribution in [-0.4, -0.2) is 42.7 Å². The molecule has 1 aliphatic heterocycles. The minimum absolute atomic E-state index is 0.318. The molecular formula is C18H19F3O6S2. The van der Waals surface area contributed by atoms with Crippen molar-refractivity contribution < 1.29 is 40.4 Å². The lowest BCUT2D eigenvalue weighted by atomic mass is 10.1. The van der Waals surface area contributed by atoms with Crippen molar-refractivity contribution >= 4 is 37.9 Å². The second-order valence-electron chi connectivity index (χ2n) is 5.90. The standard InChI is InChI=1S/C17H19O3S.CHF3O3S/c1-2-19-17(18)20-15-9-10-16(21-11-5-6-12-21)14-8-4-3-7-13(14)15;2-1(3,4)8(5,6)7/h3-4,7-10H,2,5-6,11-12H2,1H3;(H,5,6,7)/q+1;/p-1. The molecule has 0 N–H and O–H groups in total. The van der Waals surface area contributed by atoms with Crippen LogP contribution >= 0.6 is 0 Å². The van der Waals surface area contributed by atoms with Gasteiger partial charge in [0.05, 0.1) is 6.61 Å². The van der Waals surface area contributed by atoms with E-state index in [2.05, 4.69) is 12.1 Å². The Morgan fingerprint density at radius 1 is 1.10 bits per heavy atom. The lowest BCUT2D eigenvalue weighted by molar-refractivity contribution is -0.0517. The highest BCUT2D eigenvalue weighted by atomic mass is 32.2. The van der Waals surface area contributed by atoms with E-state index in [1.165, 1.54) is 34.6 Å². The Labute approximate surface area is 169 Å². The van der Waals surface area contributed by atoms with Crippen molar-refractivity contribution in [3.8, 4) is 5.75 Å². The number of ether oxygens (including phenoxy) is 2. The zero-order chi connectivity index (χ0) is 21.7. The van der Waals surface area contributed by atoms with Crippen LogP contribution in [0.2, 0.25) is 0 Å². The van der Waals surface area contributed by atoms with E-state index in [-0.39, 0.29) is 0 Å². The minimum atomic E-state index is -6.09. The molecule has 1 saturated heterocycles. The maximum atomic E-state index is 11.6. The van der Waals surface area contributed by atoms with Gasteiger partial charge in [-0.1, -0.05) is 18.2 Å². The summed E-state index contributed by atoms with van der Waals surface area (Å²) in [6.45, 7) is 2.09. The molecule has 0 aliphatic carbocycles. The summed E-state index contributed by atoms with van der Waals surface area (Å²) >= 11 is 0. The highest BCUT2D eigenvalue weighted by molar-refractivity contribution is 7.97. The molecule has 11 heteroatoms. The molecule has 1 heterocycles. The maximum absolute atomic E-state index is 11.6. The zero-order valence-corrected chi connectivity index (χ0v) is 17.0. The fourth-order valence-electron chi connectivity index (χ4n) is 2.70. The van der Waals surface area contributed by atoms with Gasteiger partial charge < -0.3 is 14.0 Å². The van der Waals surface area contributed by atoms with Crippen LogP contribution in [-0.2, 0) is 25.7 Å². The molecule has 0 bridgehead atoms. The van der Waals surface area contributed by atoms with Crippen LogP contribution in [0.25, 0.3) is 10.8 Å². The van der Waals surface area contributed by atoms with E-state index in [4.69, 9.17) is 22.4 Å². The topological polar surface area (TPSA) is 92.7 Å². The van der Waals surface area contributed by atoms with E-state index >= 15 is 0 Å². The van der Waals surface area contributed by atoms with Crippen LogP contribution in [0.5, 0.6) is 5.75 Å². The minimum Gasteiger partial charge on any atom is -0.741 e. The summed E-state index contributed by atoms with van der Waals surface area (Å²) in [5.74, 6) is 3.14. The van der Waals surface area contributed by atoms with Gasteiger partial charge in [0.1, 0.15) is 17.3 Å². The van der Waals surface area contributed by atoms with Crippen molar-refractivity contribution in [1.82, 2.24) is 0 Å².